The van der Waals surface area contributed by atoms with Crippen LogP contribution in [0.2, 0.25) is 0 Å². The maximum absolute atomic E-state index is 12.5. The third kappa shape index (κ3) is 3.83. The highest BCUT2D eigenvalue weighted by Gasteiger charge is 2.28. The smallest absolute Gasteiger partial charge is 0.227 e. The molecule has 1 amide bonds. The molecule has 0 aromatic heterocycles. The molecule has 2 aliphatic heterocycles. The number of hydrogen-bond acceptors (Lipinski definition) is 4. The lowest BCUT2D eigenvalue weighted by molar-refractivity contribution is -0.139. The molecule has 0 atom stereocenters. The molecule has 2 heterocycles. The Kier molecular flexibility index (Phi) is 4.99. The maximum Gasteiger partial charge on any atom is 0.227 e. The lowest BCUT2D eigenvalue weighted by Crippen LogP contribution is -2.41. The molecule has 5 heteroatoms. The lowest BCUT2D eigenvalue weighted by Gasteiger charge is -2.28. The first-order valence-corrected chi connectivity index (χ1v) is 8.84. The lowest BCUT2D eigenvalue weighted by atomic mass is 9.94. The molecule has 5 nitrogen and oxygen atoms in total. The Balaban J connectivity index is 1.64. The first-order valence-electron chi connectivity index (χ1n) is 8.84. The highest BCUT2D eigenvalue weighted by molar-refractivity contribution is 5.81. The molecule has 0 unspecified atom stereocenters. The van der Waals surface area contributed by atoms with E-state index < -0.39 is 0 Å². The largest absolute Gasteiger partial charge is 0.486 e. The van der Waals surface area contributed by atoms with Crippen molar-refractivity contribution in [1.82, 2.24) is 9.80 Å². The molecule has 24 heavy (non-hydrogen) atoms. The van der Waals surface area contributed by atoms with Crippen LogP contribution >= 0.6 is 0 Å². The summed E-state index contributed by atoms with van der Waals surface area (Å²) < 4.78 is 11.5. The minimum absolute atomic E-state index is 0.248. The number of benzene rings is 1. The number of hydrogen-bond donors (Lipinski definition) is 0. The number of carbonyl (C=O) groups is 1. The molecular weight excluding hydrogens is 304 g/mol. The molecule has 0 spiro atoms. The van der Waals surface area contributed by atoms with Gasteiger partial charge in [0, 0.05) is 43.7 Å². The topological polar surface area (TPSA) is 42.0 Å². The summed E-state index contributed by atoms with van der Waals surface area (Å²) in [5.74, 6) is 1.98. The van der Waals surface area contributed by atoms with Crippen LogP contribution in [0.15, 0.2) is 18.2 Å². The minimum atomic E-state index is -0.307. The Morgan fingerprint density at radius 2 is 1.88 bits per heavy atom. The second kappa shape index (κ2) is 7.01. The summed E-state index contributed by atoms with van der Waals surface area (Å²) in [6.45, 7) is 11.6. The van der Waals surface area contributed by atoms with Gasteiger partial charge < -0.3 is 14.4 Å². The molecule has 3 rings (SSSR count). The molecule has 0 saturated carbocycles. The zero-order chi connectivity index (χ0) is 17.2. The van der Waals surface area contributed by atoms with Gasteiger partial charge in [-0.2, -0.15) is 0 Å². The van der Waals surface area contributed by atoms with E-state index in [-0.39, 0.29) is 11.3 Å². The first-order chi connectivity index (χ1) is 11.4. The van der Waals surface area contributed by atoms with E-state index in [2.05, 4.69) is 11.0 Å². The van der Waals surface area contributed by atoms with E-state index in [4.69, 9.17) is 9.47 Å². The van der Waals surface area contributed by atoms with Gasteiger partial charge in [0.1, 0.15) is 13.2 Å². The van der Waals surface area contributed by atoms with E-state index in [9.17, 15) is 4.79 Å². The maximum atomic E-state index is 12.5. The third-order valence-corrected chi connectivity index (χ3v) is 4.56. The highest BCUT2D eigenvalue weighted by atomic mass is 16.6. The fraction of sp³-hybridized carbons (Fsp3) is 0.632. The van der Waals surface area contributed by atoms with E-state index in [1.165, 1.54) is 5.56 Å². The van der Waals surface area contributed by atoms with Gasteiger partial charge in [-0.25, -0.2) is 0 Å². The van der Waals surface area contributed by atoms with Crippen molar-refractivity contribution in [3.05, 3.63) is 23.8 Å². The van der Waals surface area contributed by atoms with Crippen molar-refractivity contribution >= 4 is 5.91 Å². The van der Waals surface area contributed by atoms with E-state index in [1.54, 1.807) is 0 Å². The summed E-state index contributed by atoms with van der Waals surface area (Å²) in [4.78, 5) is 16.9. The highest BCUT2D eigenvalue weighted by Crippen LogP contribution is 2.34. The summed E-state index contributed by atoms with van der Waals surface area (Å²) in [7, 11) is 0. The predicted octanol–water partition coefficient (Wildman–Crippen LogP) is 2.54. The van der Waals surface area contributed by atoms with Crippen molar-refractivity contribution in [2.75, 3.05) is 39.4 Å². The van der Waals surface area contributed by atoms with Crippen LogP contribution in [0.1, 0.15) is 32.8 Å². The Morgan fingerprint density at radius 3 is 2.67 bits per heavy atom. The van der Waals surface area contributed by atoms with Gasteiger partial charge >= 0.3 is 0 Å². The third-order valence-electron chi connectivity index (χ3n) is 4.56. The average molecular weight is 332 g/mol. The second-order valence-electron chi connectivity index (χ2n) is 7.61. The van der Waals surface area contributed by atoms with Gasteiger partial charge in [-0.05, 0) is 12.5 Å². The summed E-state index contributed by atoms with van der Waals surface area (Å²) in [5.41, 5.74) is 0.863. The molecule has 1 saturated heterocycles. The molecule has 0 bridgehead atoms. The van der Waals surface area contributed by atoms with Crippen molar-refractivity contribution in [2.45, 2.75) is 33.7 Å². The Morgan fingerprint density at radius 1 is 1.08 bits per heavy atom. The van der Waals surface area contributed by atoms with Crippen LogP contribution in [0, 0.1) is 5.41 Å². The fourth-order valence-electron chi connectivity index (χ4n) is 3.31. The number of para-hydroxylation sites is 1. The van der Waals surface area contributed by atoms with Crippen molar-refractivity contribution in [3.63, 3.8) is 0 Å². The molecule has 1 fully saturated rings. The quantitative estimate of drug-likeness (QED) is 0.835. The van der Waals surface area contributed by atoms with Crippen molar-refractivity contribution in [1.29, 1.82) is 0 Å². The van der Waals surface area contributed by atoms with Gasteiger partial charge in [0.05, 0.1) is 0 Å². The molecule has 1 aromatic carbocycles. The van der Waals surface area contributed by atoms with Gasteiger partial charge in [-0.1, -0.05) is 32.9 Å². The summed E-state index contributed by atoms with van der Waals surface area (Å²) in [5, 5.41) is 0. The Hall–Kier alpha value is -1.75. The SMILES string of the molecule is CC(C)(C)C(=O)N1CCCN(Cc2cccc3c2OCCO3)CC1. The van der Waals surface area contributed by atoms with Crippen molar-refractivity contribution in [2.24, 2.45) is 5.41 Å². The number of fused-ring (bicyclic) bond motifs is 1. The predicted molar refractivity (Wildman–Crippen MR) is 93.4 cm³/mol. The number of rotatable bonds is 2. The van der Waals surface area contributed by atoms with Crippen LogP contribution in [0.4, 0.5) is 0 Å². The summed E-state index contributed by atoms with van der Waals surface area (Å²) in [6, 6.07) is 6.09. The Bertz CT molecular complexity index is 595. The molecule has 0 aliphatic carbocycles. The zero-order valence-electron chi connectivity index (χ0n) is 15.0. The summed E-state index contributed by atoms with van der Waals surface area (Å²) in [6.07, 6.45) is 1.01. The van der Waals surface area contributed by atoms with Crippen molar-refractivity contribution < 1.29 is 14.3 Å². The van der Waals surface area contributed by atoms with Gasteiger partial charge in [0.15, 0.2) is 11.5 Å². The average Bonchev–Trinajstić information content (AvgIpc) is 2.79. The van der Waals surface area contributed by atoms with E-state index >= 15 is 0 Å². The number of amides is 1. The van der Waals surface area contributed by atoms with Crippen LogP contribution in [-0.4, -0.2) is 55.1 Å². The zero-order valence-corrected chi connectivity index (χ0v) is 15.0. The van der Waals surface area contributed by atoms with Crippen LogP contribution in [0.25, 0.3) is 0 Å². The van der Waals surface area contributed by atoms with Gasteiger partial charge in [0.2, 0.25) is 5.91 Å². The van der Waals surface area contributed by atoms with E-state index in [0.717, 1.165) is 50.6 Å². The molecule has 0 radical (unpaired) electrons. The van der Waals surface area contributed by atoms with Gasteiger partial charge in [0.25, 0.3) is 0 Å². The van der Waals surface area contributed by atoms with Crippen LogP contribution in [0.3, 0.4) is 0 Å². The minimum Gasteiger partial charge on any atom is -0.486 e. The van der Waals surface area contributed by atoms with Gasteiger partial charge in [-0.3, -0.25) is 9.69 Å². The molecular formula is C19H28N2O3. The van der Waals surface area contributed by atoms with Gasteiger partial charge in [-0.15, -0.1) is 0 Å². The van der Waals surface area contributed by atoms with E-state index in [0.29, 0.717) is 13.2 Å². The van der Waals surface area contributed by atoms with E-state index in [1.807, 2.05) is 37.8 Å². The van der Waals surface area contributed by atoms with Crippen LogP contribution in [-0.2, 0) is 11.3 Å². The number of ether oxygens (including phenoxy) is 2. The van der Waals surface area contributed by atoms with Crippen LogP contribution in [0.5, 0.6) is 11.5 Å². The molecule has 1 aromatic rings. The Labute approximate surface area is 144 Å². The molecule has 132 valence electrons. The normalized spacial score (nSPS) is 19.0. The monoisotopic (exact) mass is 332 g/mol. The van der Waals surface area contributed by atoms with Crippen LogP contribution < -0.4 is 9.47 Å². The number of carbonyl (C=O) groups excluding carboxylic acids is 1. The first kappa shape index (κ1) is 17.1. The molecule has 0 N–H and O–H groups in total. The standard InChI is InChI=1S/C19H28N2O3/c1-19(2,3)18(22)21-9-5-8-20(10-11-21)14-15-6-4-7-16-17(15)24-13-12-23-16/h4,6-7H,5,8-14H2,1-3H3. The summed E-state index contributed by atoms with van der Waals surface area (Å²) >= 11 is 0. The second-order valence-corrected chi connectivity index (χ2v) is 7.61. The molecule has 2 aliphatic rings. The fourth-order valence-corrected chi connectivity index (χ4v) is 3.31. The number of nitrogens with zero attached hydrogens (tertiary/aromatic N) is 2. The van der Waals surface area contributed by atoms with Crippen molar-refractivity contribution in [3.8, 4) is 11.5 Å².